The van der Waals surface area contributed by atoms with Crippen LogP contribution in [0, 0.1) is 11.8 Å². The molecule has 0 amide bonds. The number of aryl methyl sites for hydroxylation is 1. The summed E-state index contributed by atoms with van der Waals surface area (Å²) in [6.45, 7) is 5.52. The van der Waals surface area contributed by atoms with Crippen LogP contribution in [0.3, 0.4) is 0 Å². The second kappa shape index (κ2) is 9.82. The van der Waals surface area contributed by atoms with Crippen LogP contribution in [-0.2, 0) is 11.2 Å². The average Bonchev–Trinajstić information content (AvgIpc) is 3.13. The number of aromatic amines is 1. The van der Waals surface area contributed by atoms with E-state index in [9.17, 15) is 4.79 Å². The molecule has 152 valence electrons. The molecule has 4 heterocycles. The van der Waals surface area contributed by atoms with Gasteiger partial charge in [-0.05, 0) is 68.3 Å². The lowest BCUT2D eigenvalue weighted by Gasteiger charge is -2.44. The predicted octanol–water partition coefficient (Wildman–Crippen LogP) is 3.91. The molecule has 3 aliphatic rings. The van der Waals surface area contributed by atoms with Gasteiger partial charge in [0, 0.05) is 18.4 Å². The van der Waals surface area contributed by atoms with Gasteiger partial charge in [-0.25, -0.2) is 0 Å². The van der Waals surface area contributed by atoms with Gasteiger partial charge in [0.25, 0.3) is 6.47 Å². The molecular formula is C22H31N3O3. The van der Waals surface area contributed by atoms with Gasteiger partial charge in [0.1, 0.15) is 5.69 Å². The molecule has 5 rings (SSSR count). The van der Waals surface area contributed by atoms with Gasteiger partial charge in [-0.15, -0.1) is 0 Å². The number of carbonyl (C=O) groups excluding carboxylic acids is 1. The van der Waals surface area contributed by atoms with Crippen LogP contribution in [-0.4, -0.2) is 52.1 Å². The van der Waals surface area contributed by atoms with E-state index < -0.39 is 0 Å². The van der Waals surface area contributed by atoms with Gasteiger partial charge in [-0.1, -0.05) is 25.8 Å². The maximum atomic E-state index is 12.9. The summed E-state index contributed by atoms with van der Waals surface area (Å²) in [6.07, 6.45) is 7.97. The molecule has 6 heteroatoms. The zero-order valence-electron chi connectivity index (χ0n) is 16.7. The van der Waals surface area contributed by atoms with Crippen molar-refractivity contribution < 1.29 is 14.7 Å². The van der Waals surface area contributed by atoms with E-state index in [-0.39, 0.29) is 12.3 Å². The van der Waals surface area contributed by atoms with Crippen LogP contribution in [0.25, 0.3) is 10.9 Å². The molecule has 0 aliphatic carbocycles. The standard InChI is InChI=1S/C21H29N3O.CH2O2/c1-2-3-4-5-15-6-7-19-18(12-15)21(23-22-19)20(25)13-17-14-24-10-8-16(17)9-11-24;2-1-3/h6-7,12,16-17H,2-5,8-11,13-14H2,1H3,(H,22,23);1H,(H,2,3)/t17-;/m0./s1. The molecule has 28 heavy (non-hydrogen) atoms. The lowest BCUT2D eigenvalue weighted by molar-refractivity contribution is -0.122. The Morgan fingerprint density at radius 2 is 2.07 bits per heavy atom. The summed E-state index contributed by atoms with van der Waals surface area (Å²) in [7, 11) is 0. The van der Waals surface area contributed by atoms with Crippen LogP contribution in [0.5, 0.6) is 0 Å². The summed E-state index contributed by atoms with van der Waals surface area (Å²) >= 11 is 0. The summed E-state index contributed by atoms with van der Waals surface area (Å²) < 4.78 is 0. The Morgan fingerprint density at radius 1 is 1.32 bits per heavy atom. The highest BCUT2D eigenvalue weighted by molar-refractivity contribution is 6.06. The van der Waals surface area contributed by atoms with Crippen molar-refractivity contribution in [1.29, 1.82) is 0 Å². The minimum atomic E-state index is -0.250. The molecule has 1 atom stereocenters. The number of rotatable bonds is 7. The third kappa shape index (κ3) is 4.79. The Bertz CT molecular complexity index is 793. The van der Waals surface area contributed by atoms with Crippen molar-refractivity contribution in [2.45, 2.75) is 51.9 Å². The SMILES string of the molecule is CCCCCc1ccc2[nH]nc(C(=O)C[C@H]3CN4CCC3CC4)c2c1.O=CO. The number of Topliss-reactive ketones (excluding diaryl/α,β-unsaturated/α-hetero) is 1. The molecule has 0 saturated carbocycles. The second-order valence-corrected chi connectivity index (χ2v) is 8.04. The Kier molecular flexibility index (Phi) is 7.20. The third-order valence-corrected chi connectivity index (χ3v) is 6.20. The first-order valence-corrected chi connectivity index (χ1v) is 10.5. The van der Waals surface area contributed by atoms with Crippen LogP contribution in [0.4, 0.5) is 0 Å². The summed E-state index contributed by atoms with van der Waals surface area (Å²) in [5.41, 5.74) is 2.96. The molecule has 2 aromatic rings. The Hall–Kier alpha value is -2.21. The first kappa shape index (κ1) is 20.5. The fourth-order valence-corrected chi connectivity index (χ4v) is 4.66. The number of nitrogens with one attached hydrogen (secondary N) is 1. The number of unbranched alkanes of at least 4 members (excludes halogenated alkanes) is 2. The zero-order chi connectivity index (χ0) is 19.9. The third-order valence-electron chi connectivity index (χ3n) is 6.20. The number of hydrogen-bond acceptors (Lipinski definition) is 4. The quantitative estimate of drug-likeness (QED) is 0.429. The average molecular weight is 386 g/mol. The smallest absolute Gasteiger partial charge is 0.290 e. The second-order valence-electron chi connectivity index (χ2n) is 8.04. The van der Waals surface area contributed by atoms with E-state index in [4.69, 9.17) is 9.90 Å². The largest absolute Gasteiger partial charge is 0.483 e. The van der Waals surface area contributed by atoms with Crippen molar-refractivity contribution >= 4 is 23.2 Å². The number of hydrogen-bond donors (Lipinski definition) is 2. The van der Waals surface area contributed by atoms with Gasteiger partial charge >= 0.3 is 0 Å². The number of aromatic nitrogens is 2. The van der Waals surface area contributed by atoms with E-state index in [1.165, 1.54) is 50.8 Å². The van der Waals surface area contributed by atoms with Crippen molar-refractivity contribution in [2.24, 2.45) is 11.8 Å². The van der Waals surface area contributed by atoms with Gasteiger partial charge in [0.15, 0.2) is 5.78 Å². The first-order chi connectivity index (χ1) is 13.7. The van der Waals surface area contributed by atoms with Gasteiger partial charge in [0.2, 0.25) is 0 Å². The van der Waals surface area contributed by atoms with Crippen LogP contribution in [0.2, 0.25) is 0 Å². The summed E-state index contributed by atoms with van der Waals surface area (Å²) in [6, 6.07) is 6.42. The maximum Gasteiger partial charge on any atom is 0.290 e. The Morgan fingerprint density at radius 3 is 2.71 bits per heavy atom. The zero-order valence-corrected chi connectivity index (χ0v) is 16.7. The molecule has 6 nitrogen and oxygen atoms in total. The van der Waals surface area contributed by atoms with E-state index in [1.807, 2.05) is 0 Å². The van der Waals surface area contributed by atoms with E-state index >= 15 is 0 Å². The van der Waals surface area contributed by atoms with Gasteiger partial charge in [-0.3, -0.25) is 14.7 Å². The number of carbonyl (C=O) groups is 2. The van der Waals surface area contributed by atoms with E-state index in [0.29, 0.717) is 18.0 Å². The normalized spacial score (nSPS) is 23.2. The Labute approximate surface area is 166 Å². The molecule has 3 fully saturated rings. The fourth-order valence-electron chi connectivity index (χ4n) is 4.66. The Balaban J connectivity index is 0.000000706. The van der Waals surface area contributed by atoms with Gasteiger partial charge in [0.05, 0.1) is 5.52 Å². The summed E-state index contributed by atoms with van der Waals surface area (Å²) in [5.74, 6) is 1.48. The van der Waals surface area contributed by atoms with E-state index in [1.54, 1.807) is 0 Å². The van der Waals surface area contributed by atoms with Crippen molar-refractivity contribution in [3.05, 3.63) is 29.5 Å². The number of H-pyrrole nitrogens is 1. The molecule has 2 bridgehead atoms. The first-order valence-electron chi connectivity index (χ1n) is 10.5. The molecule has 0 radical (unpaired) electrons. The minimum absolute atomic E-state index is 0.218. The molecule has 3 saturated heterocycles. The highest BCUT2D eigenvalue weighted by Gasteiger charge is 2.35. The number of piperidine rings is 3. The molecule has 1 aromatic carbocycles. The van der Waals surface area contributed by atoms with Crippen molar-refractivity contribution in [3.63, 3.8) is 0 Å². The van der Waals surface area contributed by atoms with E-state index in [2.05, 4.69) is 40.2 Å². The molecule has 0 spiro atoms. The van der Waals surface area contributed by atoms with E-state index in [0.717, 1.165) is 29.8 Å². The monoisotopic (exact) mass is 385 g/mol. The highest BCUT2D eigenvalue weighted by Crippen LogP contribution is 2.35. The lowest BCUT2D eigenvalue weighted by atomic mass is 9.76. The minimum Gasteiger partial charge on any atom is -0.483 e. The molecule has 2 N–H and O–H groups in total. The number of fused-ring (bicyclic) bond motifs is 4. The maximum absolute atomic E-state index is 12.9. The predicted molar refractivity (Wildman–Crippen MR) is 110 cm³/mol. The van der Waals surface area contributed by atoms with Gasteiger partial charge in [-0.2, -0.15) is 5.10 Å². The molecule has 0 unspecified atom stereocenters. The molecular weight excluding hydrogens is 354 g/mol. The topological polar surface area (TPSA) is 86.3 Å². The highest BCUT2D eigenvalue weighted by atomic mass is 16.3. The van der Waals surface area contributed by atoms with Crippen molar-refractivity contribution in [3.8, 4) is 0 Å². The number of benzene rings is 1. The number of ketones is 1. The fraction of sp³-hybridized carbons (Fsp3) is 0.591. The van der Waals surface area contributed by atoms with Crippen LogP contribution >= 0.6 is 0 Å². The van der Waals surface area contributed by atoms with Crippen LogP contribution < -0.4 is 0 Å². The lowest BCUT2D eigenvalue weighted by Crippen LogP contribution is -2.47. The van der Waals surface area contributed by atoms with Crippen molar-refractivity contribution in [2.75, 3.05) is 19.6 Å². The number of carboxylic acid groups (broad SMARTS) is 1. The summed E-state index contributed by atoms with van der Waals surface area (Å²) in [5, 5.41) is 15.3. The summed E-state index contributed by atoms with van der Waals surface area (Å²) in [4.78, 5) is 23.8. The van der Waals surface area contributed by atoms with Gasteiger partial charge < -0.3 is 10.0 Å². The van der Waals surface area contributed by atoms with Crippen LogP contribution in [0.15, 0.2) is 18.2 Å². The molecule has 1 aromatic heterocycles. The van der Waals surface area contributed by atoms with Crippen LogP contribution in [0.1, 0.15) is 61.5 Å². The van der Waals surface area contributed by atoms with Crippen molar-refractivity contribution in [1.82, 2.24) is 15.1 Å². The molecule has 3 aliphatic heterocycles. The number of nitrogens with zero attached hydrogens (tertiary/aromatic N) is 2.